The second-order valence-electron chi connectivity index (χ2n) is 11.5. The van der Waals surface area contributed by atoms with Crippen LogP contribution in [-0.2, 0) is 29.8 Å². The number of nitrogens with one attached hydrogen (secondary N) is 1. The van der Waals surface area contributed by atoms with Crippen molar-refractivity contribution in [3.05, 3.63) is 89.5 Å². The molecule has 4 aromatic rings. The summed E-state index contributed by atoms with van der Waals surface area (Å²) in [5.41, 5.74) is 4.34. The molecule has 2 heterocycles. The third kappa shape index (κ3) is 10.7. The second-order valence-corrected chi connectivity index (χ2v) is 14.7. The first-order chi connectivity index (χ1) is 23.5. The molecule has 1 aliphatic heterocycles. The Morgan fingerprint density at radius 1 is 0.880 bits per heavy atom. The van der Waals surface area contributed by atoms with Crippen LogP contribution in [0.4, 0.5) is 11.4 Å². The van der Waals surface area contributed by atoms with Crippen LogP contribution < -0.4 is 4.90 Å². The van der Waals surface area contributed by atoms with Crippen molar-refractivity contribution in [2.75, 3.05) is 70.3 Å². The average Bonchev–Trinajstić information content (AvgIpc) is 3.41. The number of piperazine rings is 1. The maximum atomic E-state index is 12.9. The number of aliphatic imine (C=N–C) groups is 1. The summed E-state index contributed by atoms with van der Waals surface area (Å²) in [5.74, 6) is -2.43. The number of aromatic nitrogens is 1. The van der Waals surface area contributed by atoms with Crippen LogP contribution in [0.25, 0.3) is 10.9 Å². The third-order valence-electron chi connectivity index (χ3n) is 7.89. The van der Waals surface area contributed by atoms with Gasteiger partial charge in [0, 0.05) is 55.4 Å². The summed E-state index contributed by atoms with van der Waals surface area (Å²) in [6.07, 6.45) is 0. The van der Waals surface area contributed by atoms with Gasteiger partial charge in [-0.05, 0) is 43.4 Å². The summed E-state index contributed by atoms with van der Waals surface area (Å²) in [7, 11) is -3.38. The van der Waals surface area contributed by atoms with Crippen LogP contribution in [0.2, 0.25) is 0 Å². The van der Waals surface area contributed by atoms with Crippen LogP contribution in [0.3, 0.4) is 0 Å². The number of aromatic hydroxyl groups is 1. The van der Waals surface area contributed by atoms with Crippen LogP contribution in [0.15, 0.2) is 77.8 Å². The molecule has 1 fully saturated rings. The Balaban J connectivity index is 0.000000490. The topological polar surface area (TPSA) is 210 Å². The molecule has 0 radical (unpaired) electrons. The number of fused-ring (bicyclic) bond motifs is 1. The maximum Gasteiger partial charge on any atom is 0.337 e. The minimum Gasteiger partial charge on any atom is -0.494 e. The molecule has 17 heteroatoms. The Morgan fingerprint density at radius 2 is 1.48 bits per heavy atom. The van der Waals surface area contributed by atoms with Gasteiger partial charge in [-0.1, -0.05) is 36.4 Å². The van der Waals surface area contributed by atoms with Crippen molar-refractivity contribution < 1.29 is 45.4 Å². The number of esters is 1. The molecule has 15 nitrogen and oxygen atoms in total. The highest BCUT2D eigenvalue weighted by atomic mass is 32.2. The van der Waals surface area contributed by atoms with E-state index < -0.39 is 37.7 Å². The number of anilines is 1. The number of amides is 1. The van der Waals surface area contributed by atoms with E-state index in [1.54, 1.807) is 30.1 Å². The molecule has 0 spiro atoms. The van der Waals surface area contributed by atoms with Crippen molar-refractivity contribution in [3.63, 3.8) is 0 Å². The summed E-state index contributed by atoms with van der Waals surface area (Å²) in [5, 5.41) is 11.7. The zero-order chi connectivity index (χ0) is 36.6. The van der Waals surface area contributed by atoms with E-state index in [9.17, 15) is 31.5 Å². The van der Waals surface area contributed by atoms with E-state index >= 15 is 0 Å². The standard InChI is InChI=1S/C31H33N5O4.C2H6O6S2/c1-34-15-17-36(18-16-34)20-27(37)35(2)24-12-10-23(11-13-24)32-29(21-7-5-4-6-8-21)28-25-14-9-22(31(39)40-3)19-26(25)33-30(28)38;3-9(4,5)1-2-10(6,7)8/h4-14,19,33,38H,15-18,20H2,1-3H3;1-2H2,(H,3,4,5)(H,6,7,8). The predicted octanol–water partition coefficient (Wildman–Crippen LogP) is 2.80. The molecule has 0 atom stereocenters. The Morgan fingerprint density at radius 3 is 2.04 bits per heavy atom. The fourth-order valence-corrected chi connectivity index (χ4v) is 6.75. The van der Waals surface area contributed by atoms with Crippen molar-refractivity contribution in [2.45, 2.75) is 0 Å². The van der Waals surface area contributed by atoms with Gasteiger partial charge in [0.2, 0.25) is 5.91 Å². The number of aromatic amines is 1. The molecule has 0 bridgehead atoms. The van der Waals surface area contributed by atoms with Crippen LogP contribution in [0, 0.1) is 0 Å². The summed E-state index contributed by atoms with van der Waals surface area (Å²) < 4.78 is 60.2. The molecule has 268 valence electrons. The fourth-order valence-electron chi connectivity index (χ4n) is 5.07. The van der Waals surface area contributed by atoms with E-state index in [2.05, 4.69) is 21.8 Å². The highest BCUT2D eigenvalue weighted by Gasteiger charge is 2.21. The first-order valence-corrected chi connectivity index (χ1v) is 18.5. The van der Waals surface area contributed by atoms with Gasteiger partial charge in [-0.25, -0.2) is 9.79 Å². The highest BCUT2D eigenvalue weighted by Crippen LogP contribution is 2.32. The molecule has 0 unspecified atom stereocenters. The quantitative estimate of drug-likeness (QED) is 0.106. The highest BCUT2D eigenvalue weighted by molar-refractivity contribution is 7.89. The lowest BCUT2D eigenvalue weighted by Crippen LogP contribution is -2.48. The molecule has 3 aromatic carbocycles. The summed E-state index contributed by atoms with van der Waals surface area (Å²) in [4.78, 5) is 39.0. The van der Waals surface area contributed by atoms with E-state index in [4.69, 9.17) is 18.8 Å². The van der Waals surface area contributed by atoms with Crippen molar-refractivity contribution in [1.82, 2.24) is 14.8 Å². The maximum absolute atomic E-state index is 12.9. The van der Waals surface area contributed by atoms with Gasteiger partial charge in [-0.3, -0.25) is 18.8 Å². The van der Waals surface area contributed by atoms with Crippen molar-refractivity contribution in [3.8, 4) is 5.88 Å². The van der Waals surface area contributed by atoms with Gasteiger partial charge >= 0.3 is 5.97 Å². The normalized spacial score (nSPS) is 14.5. The first kappa shape index (κ1) is 38.2. The molecular weight excluding hydrogens is 691 g/mol. The van der Waals surface area contributed by atoms with Gasteiger partial charge in [-0.2, -0.15) is 16.8 Å². The van der Waals surface area contributed by atoms with Gasteiger partial charge in [-0.15, -0.1) is 0 Å². The summed E-state index contributed by atoms with van der Waals surface area (Å²) in [6.45, 7) is 4.09. The Kier molecular flexibility index (Phi) is 12.5. The average molecular weight is 730 g/mol. The molecule has 5 rings (SSSR count). The van der Waals surface area contributed by atoms with E-state index in [0.29, 0.717) is 34.6 Å². The van der Waals surface area contributed by atoms with Crippen LogP contribution in [0.1, 0.15) is 21.5 Å². The smallest absolute Gasteiger partial charge is 0.337 e. The van der Waals surface area contributed by atoms with Crippen molar-refractivity contribution in [2.24, 2.45) is 4.99 Å². The third-order valence-corrected chi connectivity index (χ3v) is 9.59. The summed E-state index contributed by atoms with van der Waals surface area (Å²) in [6, 6.07) is 22.2. The SMILES string of the molecule is COC(=O)c1ccc2c(C(=Nc3ccc(N(C)C(=O)CN4CCN(C)CC4)cc3)c3ccccc3)c(O)[nH]c2c1.O=S(=O)(O)CCS(=O)(=O)O. The van der Waals surface area contributed by atoms with Crippen molar-refractivity contribution >= 4 is 60.1 Å². The van der Waals surface area contributed by atoms with Gasteiger partial charge < -0.3 is 24.6 Å². The van der Waals surface area contributed by atoms with E-state index in [0.717, 1.165) is 42.8 Å². The zero-order valence-corrected chi connectivity index (χ0v) is 29.3. The minimum atomic E-state index is -4.30. The molecule has 1 saturated heterocycles. The van der Waals surface area contributed by atoms with Gasteiger partial charge in [0.15, 0.2) is 5.88 Å². The monoisotopic (exact) mass is 729 g/mol. The van der Waals surface area contributed by atoms with Crippen LogP contribution in [0.5, 0.6) is 5.88 Å². The summed E-state index contributed by atoms with van der Waals surface area (Å²) >= 11 is 0. The van der Waals surface area contributed by atoms with E-state index in [1.165, 1.54) is 7.11 Å². The van der Waals surface area contributed by atoms with Gasteiger partial charge in [0.1, 0.15) is 0 Å². The Labute approximate surface area is 290 Å². The lowest BCUT2D eigenvalue weighted by molar-refractivity contribution is -0.119. The molecule has 1 aromatic heterocycles. The number of methoxy groups -OCH3 is 1. The second kappa shape index (κ2) is 16.4. The molecule has 4 N–H and O–H groups in total. The number of hydrogen-bond donors (Lipinski definition) is 4. The fraction of sp³-hybridized carbons (Fsp3) is 0.303. The number of hydrogen-bond acceptors (Lipinski definition) is 11. The van der Waals surface area contributed by atoms with Gasteiger partial charge in [0.25, 0.3) is 20.2 Å². The molecular formula is C33H39N5O10S2. The lowest BCUT2D eigenvalue weighted by atomic mass is 10.00. The molecule has 1 aliphatic rings. The number of ether oxygens (including phenoxy) is 1. The predicted molar refractivity (Wildman–Crippen MR) is 190 cm³/mol. The zero-order valence-electron chi connectivity index (χ0n) is 27.7. The van der Waals surface area contributed by atoms with E-state index in [-0.39, 0.29) is 11.8 Å². The van der Waals surface area contributed by atoms with Crippen molar-refractivity contribution in [1.29, 1.82) is 0 Å². The first-order valence-electron chi connectivity index (χ1n) is 15.3. The molecule has 0 aliphatic carbocycles. The number of carbonyl (C=O) groups is 2. The minimum absolute atomic E-state index is 0.0424. The molecule has 0 saturated carbocycles. The number of rotatable bonds is 10. The Hall–Kier alpha value is -4.65. The lowest BCUT2D eigenvalue weighted by Gasteiger charge is -2.32. The van der Waals surface area contributed by atoms with Crippen LogP contribution >= 0.6 is 0 Å². The van der Waals surface area contributed by atoms with E-state index in [1.807, 2.05) is 54.6 Å². The largest absolute Gasteiger partial charge is 0.494 e. The van der Waals surface area contributed by atoms with Gasteiger partial charge in [0.05, 0.1) is 47.7 Å². The molecule has 1 amide bonds. The number of benzene rings is 3. The number of nitrogens with zero attached hydrogens (tertiary/aromatic N) is 4. The molecule has 50 heavy (non-hydrogen) atoms. The van der Waals surface area contributed by atoms with Crippen LogP contribution in [-0.4, -0.2) is 129 Å². The number of likely N-dealkylation sites (N-methyl/N-ethyl adjacent to an activating group) is 2. The Bertz CT molecular complexity index is 2030. The number of H-pyrrole nitrogens is 1. The number of carbonyl (C=O) groups excluding carboxylic acids is 2.